The highest BCUT2D eigenvalue weighted by Gasteiger charge is 2.29. The third-order valence-corrected chi connectivity index (χ3v) is 3.98. The smallest absolute Gasteiger partial charge is 0.357 e. The number of benzene rings is 1. The number of guanidine groups is 1. The molecule has 2 aromatic rings. The van der Waals surface area contributed by atoms with Gasteiger partial charge in [0.15, 0.2) is 5.96 Å². The summed E-state index contributed by atoms with van der Waals surface area (Å²) < 4.78 is 38.0. The lowest BCUT2D eigenvalue weighted by Gasteiger charge is -2.22. The van der Waals surface area contributed by atoms with E-state index in [0.717, 1.165) is 17.7 Å². The molecule has 1 heterocycles. The van der Waals surface area contributed by atoms with E-state index in [1.807, 2.05) is 11.8 Å². The molecule has 0 unspecified atom stereocenters. The Morgan fingerprint density at radius 1 is 1.17 bits per heavy atom. The third-order valence-electron chi connectivity index (χ3n) is 3.98. The van der Waals surface area contributed by atoms with E-state index in [1.165, 1.54) is 18.3 Å². The maximum Gasteiger partial charge on any atom is 0.416 e. The van der Waals surface area contributed by atoms with Gasteiger partial charge in [-0.05, 0) is 36.8 Å². The van der Waals surface area contributed by atoms with Gasteiger partial charge >= 0.3 is 6.18 Å². The molecule has 0 saturated carbocycles. The lowest BCUT2D eigenvalue weighted by molar-refractivity contribution is -0.137. The van der Waals surface area contributed by atoms with Crippen LogP contribution in [0.3, 0.4) is 0 Å². The summed E-state index contributed by atoms with van der Waals surface area (Å²) in [5.41, 5.74) is 0.535. The number of carbonyl (C=O) groups is 1. The van der Waals surface area contributed by atoms with Gasteiger partial charge in [-0.3, -0.25) is 14.8 Å². The molecule has 0 saturated heterocycles. The number of nitrogens with one attached hydrogen (secondary N) is 2. The fourth-order valence-electron chi connectivity index (χ4n) is 2.55. The van der Waals surface area contributed by atoms with E-state index >= 15 is 0 Å². The summed E-state index contributed by atoms with van der Waals surface area (Å²) in [5.74, 6) is 0.374. The highest BCUT2D eigenvalue weighted by Crippen LogP contribution is 2.29. The van der Waals surface area contributed by atoms with E-state index < -0.39 is 11.7 Å². The van der Waals surface area contributed by atoms with Crippen LogP contribution in [0.4, 0.5) is 13.2 Å². The fourth-order valence-corrected chi connectivity index (χ4v) is 2.55. The average Bonchev–Trinajstić information content (AvgIpc) is 2.70. The number of aromatic nitrogens is 1. The van der Waals surface area contributed by atoms with Gasteiger partial charge in [-0.15, -0.1) is 24.0 Å². The minimum atomic E-state index is -4.35. The van der Waals surface area contributed by atoms with Crippen molar-refractivity contribution in [1.82, 2.24) is 20.5 Å². The van der Waals surface area contributed by atoms with Gasteiger partial charge in [0.2, 0.25) is 0 Å². The van der Waals surface area contributed by atoms with Crippen LogP contribution in [0.2, 0.25) is 0 Å². The normalized spacial score (nSPS) is 11.4. The monoisotopic (exact) mass is 535 g/mol. The molecular weight excluding hydrogens is 510 g/mol. The Hall–Kier alpha value is -2.37. The molecule has 0 radical (unpaired) electrons. The molecule has 0 fully saturated rings. The van der Waals surface area contributed by atoms with Crippen molar-refractivity contribution in [3.05, 3.63) is 65.5 Å². The van der Waals surface area contributed by atoms with Crippen molar-refractivity contribution in [3.8, 4) is 0 Å². The molecule has 0 aliphatic heterocycles. The van der Waals surface area contributed by atoms with Crippen LogP contribution < -0.4 is 10.6 Å². The average molecular weight is 535 g/mol. The standard InChI is InChI=1S/C20H24F3N5O.HI/c1-3-25-19(27-12-11-26-18(29)16-5-4-10-24-13-16)28(2)14-15-6-8-17(9-7-15)20(21,22)23;/h4-10,13H,3,11-12,14H2,1-2H3,(H,25,27)(H,26,29);1H. The van der Waals surface area contributed by atoms with Crippen LogP contribution in [-0.4, -0.2) is 48.4 Å². The zero-order valence-electron chi connectivity index (χ0n) is 16.7. The van der Waals surface area contributed by atoms with Crippen molar-refractivity contribution in [3.63, 3.8) is 0 Å². The number of pyridine rings is 1. The molecule has 10 heteroatoms. The van der Waals surface area contributed by atoms with Gasteiger partial charge in [0, 0.05) is 39.1 Å². The number of hydrogen-bond acceptors (Lipinski definition) is 3. The second-order valence-electron chi connectivity index (χ2n) is 6.28. The van der Waals surface area contributed by atoms with Gasteiger partial charge in [-0.1, -0.05) is 12.1 Å². The maximum atomic E-state index is 12.7. The maximum absolute atomic E-state index is 12.7. The van der Waals surface area contributed by atoms with E-state index in [0.29, 0.717) is 37.7 Å². The fraction of sp³-hybridized carbons (Fsp3) is 0.350. The minimum absolute atomic E-state index is 0. The van der Waals surface area contributed by atoms with Crippen LogP contribution >= 0.6 is 24.0 Å². The van der Waals surface area contributed by atoms with E-state index in [9.17, 15) is 18.0 Å². The predicted molar refractivity (Wildman–Crippen MR) is 121 cm³/mol. The summed E-state index contributed by atoms with van der Waals surface area (Å²) in [4.78, 5) is 22.2. The Balaban J connectivity index is 0.00000450. The lowest BCUT2D eigenvalue weighted by atomic mass is 10.1. The summed E-state index contributed by atoms with van der Waals surface area (Å²) in [6, 6.07) is 8.41. The lowest BCUT2D eigenvalue weighted by Crippen LogP contribution is -2.39. The van der Waals surface area contributed by atoms with Crippen molar-refractivity contribution < 1.29 is 18.0 Å². The summed E-state index contributed by atoms with van der Waals surface area (Å²) >= 11 is 0. The topological polar surface area (TPSA) is 69.6 Å². The molecule has 0 aliphatic rings. The first kappa shape index (κ1) is 25.7. The summed E-state index contributed by atoms with van der Waals surface area (Å²) in [6.45, 7) is 3.65. The van der Waals surface area contributed by atoms with Gasteiger partial charge in [0.05, 0.1) is 17.7 Å². The van der Waals surface area contributed by atoms with E-state index in [1.54, 1.807) is 25.4 Å². The van der Waals surface area contributed by atoms with Crippen LogP contribution in [0.5, 0.6) is 0 Å². The number of rotatable bonds is 7. The Kier molecular flexibility index (Phi) is 10.6. The van der Waals surface area contributed by atoms with Crippen molar-refractivity contribution in [1.29, 1.82) is 0 Å². The number of alkyl halides is 3. The minimum Gasteiger partial charge on any atom is -0.357 e. The molecule has 0 atom stereocenters. The molecule has 164 valence electrons. The van der Waals surface area contributed by atoms with Gasteiger partial charge in [0.25, 0.3) is 5.91 Å². The van der Waals surface area contributed by atoms with Crippen molar-refractivity contribution in [2.45, 2.75) is 19.6 Å². The third kappa shape index (κ3) is 8.17. The molecule has 1 aromatic heterocycles. The summed E-state index contributed by atoms with van der Waals surface area (Å²) in [6.07, 6.45) is -1.27. The van der Waals surface area contributed by atoms with Crippen LogP contribution in [0.25, 0.3) is 0 Å². The van der Waals surface area contributed by atoms with E-state index in [4.69, 9.17) is 0 Å². The summed E-state index contributed by atoms with van der Waals surface area (Å²) in [7, 11) is 1.80. The van der Waals surface area contributed by atoms with Gasteiger partial charge in [-0.25, -0.2) is 0 Å². The van der Waals surface area contributed by atoms with Crippen LogP contribution in [0.15, 0.2) is 53.8 Å². The van der Waals surface area contributed by atoms with Crippen molar-refractivity contribution in [2.24, 2.45) is 4.99 Å². The number of aliphatic imine (C=N–C) groups is 1. The molecular formula is C20H25F3IN5O. The first-order chi connectivity index (χ1) is 13.8. The zero-order chi connectivity index (χ0) is 21.3. The second-order valence-corrected chi connectivity index (χ2v) is 6.28. The molecule has 30 heavy (non-hydrogen) atoms. The number of halogens is 4. The Bertz CT molecular complexity index is 813. The molecule has 0 aliphatic carbocycles. The molecule has 2 rings (SSSR count). The Morgan fingerprint density at radius 3 is 2.43 bits per heavy atom. The number of nitrogens with zero attached hydrogens (tertiary/aromatic N) is 3. The van der Waals surface area contributed by atoms with Crippen molar-refractivity contribution in [2.75, 3.05) is 26.7 Å². The molecule has 1 amide bonds. The van der Waals surface area contributed by atoms with Crippen LogP contribution in [0, 0.1) is 0 Å². The largest absolute Gasteiger partial charge is 0.416 e. The molecule has 0 bridgehead atoms. The van der Waals surface area contributed by atoms with E-state index in [-0.39, 0.29) is 29.9 Å². The van der Waals surface area contributed by atoms with Gasteiger partial charge in [-0.2, -0.15) is 13.2 Å². The molecule has 1 aromatic carbocycles. The van der Waals surface area contributed by atoms with Crippen LogP contribution in [0.1, 0.15) is 28.4 Å². The van der Waals surface area contributed by atoms with Crippen molar-refractivity contribution >= 4 is 35.8 Å². The zero-order valence-corrected chi connectivity index (χ0v) is 19.1. The Labute approximate surface area is 191 Å². The SMILES string of the molecule is CCNC(=NCCNC(=O)c1cccnc1)N(C)Cc1ccc(C(F)(F)F)cc1.I. The predicted octanol–water partition coefficient (Wildman–Crippen LogP) is 3.55. The van der Waals surface area contributed by atoms with Gasteiger partial charge in [0.1, 0.15) is 0 Å². The quantitative estimate of drug-likeness (QED) is 0.247. The van der Waals surface area contributed by atoms with E-state index in [2.05, 4.69) is 20.6 Å². The first-order valence-electron chi connectivity index (χ1n) is 9.15. The molecule has 2 N–H and O–H groups in total. The molecule has 6 nitrogen and oxygen atoms in total. The summed E-state index contributed by atoms with van der Waals surface area (Å²) in [5, 5.41) is 5.90. The van der Waals surface area contributed by atoms with Crippen LogP contribution in [-0.2, 0) is 12.7 Å². The van der Waals surface area contributed by atoms with Gasteiger partial charge < -0.3 is 15.5 Å². The first-order valence-corrected chi connectivity index (χ1v) is 9.15. The Morgan fingerprint density at radius 2 is 1.87 bits per heavy atom. The highest BCUT2D eigenvalue weighted by molar-refractivity contribution is 14.0. The highest BCUT2D eigenvalue weighted by atomic mass is 127. The second kappa shape index (κ2) is 12.4. The molecule has 0 spiro atoms. The number of amides is 1. The number of carbonyl (C=O) groups excluding carboxylic acids is 1. The number of hydrogen-bond donors (Lipinski definition) is 2.